The number of benzene rings is 1. The minimum Gasteiger partial charge on any atom is -0.384 e. The predicted molar refractivity (Wildman–Crippen MR) is 93.8 cm³/mol. The number of nitrogens with one attached hydrogen (secondary N) is 3. The highest BCUT2D eigenvalue weighted by Crippen LogP contribution is 2.22. The summed E-state index contributed by atoms with van der Waals surface area (Å²) >= 11 is 1.46. The quantitative estimate of drug-likeness (QED) is 0.547. The molecule has 2 heterocycles. The van der Waals surface area contributed by atoms with Gasteiger partial charge < -0.3 is 20.7 Å². The van der Waals surface area contributed by atoms with E-state index in [1.807, 2.05) is 17.5 Å². The maximum Gasteiger partial charge on any atom is 0.313 e. The van der Waals surface area contributed by atoms with Crippen LogP contribution in [0.5, 0.6) is 0 Å². The second-order valence-corrected chi connectivity index (χ2v) is 6.48. The fourth-order valence-corrected chi connectivity index (χ4v) is 3.11. The third-order valence-electron chi connectivity index (χ3n) is 3.75. The molecule has 7 heteroatoms. The molecule has 1 unspecified atom stereocenters. The molecular formula is C17H17N3O3S. The highest BCUT2D eigenvalue weighted by atomic mass is 32.1. The zero-order chi connectivity index (χ0) is 17.2. The number of hydrogen-bond donors (Lipinski definition) is 4. The van der Waals surface area contributed by atoms with Crippen LogP contribution in [0.15, 0.2) is 47.3 Å². The van der Waals surface area contributed by atoms with Gasteiger partial charge in [0.05, 0.1) is 6.54 Å². The number of anilines is 1. The van der Waals surface area contributed by atoms with E-state index in [0.29, 0.717) is 11.3 Å². The van der Waals surface area contributed by atoms with E-state index in [2.05, 4.69) is 15.6 Å². The molecule has 0 saturated heterocycles. The number of fused-ring (bicyclic) bond motifs is 1. The van der Waals surface area contributed by atoms with Gasteiger partial charge >= 0.3 is 11.8 Å². The lowest BCUT2D eigenvalue weighted by Crippen LogP contribution is -2.43. The standard InChI is InChI=1S/C17H17N3O3S/c1-17(23,12-5-7-24-9-12)10-19-15(21)16(22)20-13-2-3-14-11(8-13)4-6-18-14/h2-9,18,23H,10H2,1H3,(H,19,21)(H,20,22). The number of rotatable bonds is 4. The molecule has 0 aliphatic rings. The fourth-order valence-electron chi connectivity index (χ4n) is 2.32. The molecule has 0 radical (unpaired) electrons. The van der Waals surface area contributed by atoms with Crippen LogP contribution in [0.1, 0.15) is 12.5 Å². The summed E-state index contributed by atoms with van der Waals surface area (Å²) in [5.74, 6) is -1.56. The van der Waals surface area contributed by atoms with Crippen LogP contribution in [0, 0.1) is 0 Å². The van der Waals surface area contributed by atoms with Gasteiger partial charge in [0.1, 0.15) is 5.60 Å². The molecule has 2 amide bonds. The summed E-state index contributed by atoms with van der Waals surface area (Å²) < 4.78 is 0. The fraction of sp³-hybridized carbons (Fsp3) is 0.176. The van der Waals surface area contributed by atoms with Crippen molar-refractivity contribution in [2.45, 2.75) is 12.5 Å². The van der Waals surface area contributed by atoms with Crippen molar-refractivity contribution in [1.29, 1.82) is 0 Å². The minimum absolute atomic E-state index is 0.0488. The van der Waals surface area contributed by atoms with Crippen LogP contribution >= 0.6 is 11.3 Å². The Morgan fingerprint density at radius 3 is 2.83 bits per heavy atom. The normalized spacial score (nSPS) is 13.4. The number of H-pyrrole nitrogens is 1. The molecule has 0 spiro atoms. The Labute approximate surface area is 142 Å². The Morgan fingerprint density at radius 2 is 2.08 bits per heavy atom. The van der Waals surface area contributed by atoms with E-state index in [4.69, 9.17) is 0 Å². The first kappa shape index (κ1) is 16.2. The van der Waals surface area contributed by atoms with E-state index >= 15 is 0 Å². The Hall–Kier alpha value is -2.64. The summed E-state index contributed by atoms with van der Waals surface area (Å²) in [6.07, 6.45) is 1.80. The Balaban J connectivity index is 1.59. The molecule has 0 fully saturated rings. The van der Waals surface area contributed by atoms with E-state index < -0.39 is 17.4 Å². The topological polar surface area (TPSA) is 94.2 Å². The molecule has 0 aliphatic carbocycles. The predicted octanol–water partition coefficient (Wildman–Crippen LogP) is 2.19. The number of hydrogen-bond acceptors (Lipinski definition) is 4. The number of aromatic amines is 1. The Bertz CT molecular complexity index is 868. The van der Waals surface area contributed by atoms with Gasteiger partial charge in [-0.15, -0.1) is 0 Å². The lowest BCUT2D eigenvalue weighted by atomic mass is 9.99. The zero-order valence-corrected chi connectivity index (χ0v) is 13.8. The highest BCUT2D eigenvalue weighted by molar-refractivity contribution is 7.08. The average Bonchev–Trinajstić information content (AvgIpc) is 3.23. The van der Waals surface area contributed by atoms with E-state index in [1.54, 1.807) is 36.7 Å². The highest BCUT2D eigenvalue weighted by Gasteiger charge is 2.25. The number of carbonyl (C=O) groups excluding carboxylic acids is 2. The van der Waals surface area contributed by atoms with Gasteiger partial charge in [-0.05, 0) is 53.6 Å². The lowest BCUT2D eigenvalue weighted by molar-refractivity contribution is -0.136. The number of amides is 2. The molecule has 6 nitrogen and oxygen atoms in total. The minimum atomic E-state index is -1.22. The number of carbonyl (C=O) groups is 2. The summed E-state index contributed by atoms with van der Waals surface area (Å²) in [6, 6.07) is 8.97. The summed E-state index contributed by atoms with van der Waals surface area (Å²) in [6.45, 7) is 1.54. The maximum atomic E-state index is 12.0. The van der Waals surface area contributed by atoms with Gasteiger partial charge in [0.2, 0.25) is 0 Å². The molecule has 3 rings (SSSR count). The van der Waals surface area contributed by atoms with Crippen molar-refractivity contribution in [1.82, 2.24) is 10.3 Å². The molecule has 0 saturated carbocycles. The number of aromatic nitrogens is 1. The SMILES string of the molecule is CC(O)(CNC(=O)C(=O)Nc1ccc2[nH]ccc2c1)c1ccsc1. The molecule has 2 aromatic heterocycles. The van der Waals surface area contributed by atoms with Crippen molar-refractivity contribution >= 4 is 39.7 Å². The van der Waals surface area contributed by atoms with Crippen molar-refractivity contribution in [2.24, 2.45) is 0 Å². The summed E-state index contributed by atoms with van der Waals surface area (Å²) in [4.78, 5) is 27.0. The first-order valence-corrected chi connectivity index (χ1v) is 8.31. The Kier molecular flexibility index (Phi) is 4.37. The first-order valence-electron chi connectivity index (χ1n) is 7.37. The van der Waals surface area contributed by atoms with Gasteiger partial charge in [-0.25, -0.2) is 0 Å². The van der Waals surface area contributed by atoms with E-state index in [0.717, 1.165) is 10.9 Å². The van der Waals surface area contributed by atoms with Crippen molar-refractivity contribution < 1.29 is 14.7 Å². The molecule has 0 bridgehead atoms. The molecule has 4 N–H and O–H groups in total. The van der Waals surface area contributed by atoms with Crippen molar-refractivity contribution in [3.05, 3.63) is 52.9 Å². The number of thiophene rings is 1. The molecule has 1 aromatic carbocycles. The second-order valence-electron chi connectivity index (χ2n) is 5.70. The van der Waals surface area contributed by atoms with Gasteiger partial charge in [-0.1, -0.05) is 0 Å². The van der Waals surface area contributed by atoms with E-state index in [9.17, 15) is 14.7 Å². The van der Waals surface area contributed by atoms with Crippen LogP contribution in [-0.2, 0) is 15.2 Å². The second kappa shape index (κ2) is 6.46. The molecule has 24 heavy (non-hydrogen) atoms. The number of aliphatic hydroxyl groups is 1. The van der Waals surface area contributed by atoms with Crippen molar-refractivity contribution in [3.8, 4) is 0 Å². The van der Waals surface area contributed by atoms with Gasteiger partial charge in [0.15, 0.2) is 0 Å². The van der Waals surface area contributed by atoms with Crippen LogP contribution in [0.25, 0.3) is 10.9 Å². The van der Waals surface area contributed by atoms with Crippen LogP contribution in [0.2, 0.25) is 0 Å². The largest absolute Gasteiger partial charge is 0.384 e. The van der Waals surface area contributed by atoms with Crippen LogP contribution in [-0.4, -0.2) is 28.4 Å². The molecule has 124 valence electrons. The average molecular weight is 343 g/mol. The van der Waals surface area contributed by atoms with Crippen LogP contribution in [0.4, 0.5) is 5.69 Å². The van der Waals surface area contributed by atoms with Gasteiger partial charge in [-0.3, -0.25) is 9.59 Å². The summed E-state index contributed by atoms with van der Waals surface area (Å²) in [5, 5.41) is 19.9. The van der Waals surface area contributed by atoms with Gasteiger partial charge in [0.25, 0.3) is 0 Å². The maximum absolute atomic E-state index is 12.0. The Morgan fingerprint density at radius 1 is 1.25 bits per heavy atom. The van der Waals surface area contributed by atoms with Crippen molar-refractivity contribution in [3.63, 3.8) is 0 Å². The lowest BCUT2D eigenvalue weighted by Gasteiger charge is -2.22. The van der Waals surface area contributed by atoms with Crippen molar-refractivity contribution in [2.75, 3.05) is 11.9 Å². The zero-order valence-electron chi connectivity index (χ0n) is 13.0. The summed E-state index contributed by atoms with van der Waals surface area (Å²) in [5.41, 5.74) is 0.960. The third kappa shape index (κ3) is 3.47. The summed E-state index contributed by atoms with van der Waals surface area (Å²) in [7, 11) is 0. The molecule has 1 atom stereocenters. The third-order valence-corrected chi connectivity index (χ3v) is 4.44. The monoisotopic (exact) mass is 343 g/mol. The van der Waals surface area contributed by atoms with E-state index in [-0.39, 0.29) is 6.54 Å². The van der Waals surface area contributed by atoms with Crippen LogP contribution in [0.3, 0.4) is 0 Å². The van der Waals surface area contributed by atoms with Gasteiger partial charge in [0, 0.05) is 22.8 Å². The van der Waals surface area contributed by atoms with E-state index in [1.165, 1.54) is 11.3 Å². The smallest absolute Gasteiger partial charge is 0.313 e. The van der Waals surface area contributed by atoms with Crippen LogP contribution < -0.4 is 10.6 Å². The molecule has 0 aliphatic heterocycles. The molecular weight excluding hydrogens is 326 g/mol. The molecule has 3 aromatic rings. The van der Waals surface area contributed by atoms with Gasteiger partial charge in [-0.2, -0.15) is 11.3 Å². The first-order chi connectivity index (χ1) is 11.5.